The van der Waals surface area contributed by atoms with E-state index in [2.05, 4.69) is 0 Å². The molecule has 0 fully saturated rings. The number of hydrogen-bond acceptors (Lipinski definition) is 7. The summed E-state index contributed by atoms with van der Waals surface area (Å²) in [6.45, 7) is 0.254. The molecular weight excluding hydrogens is 677 g/mol. The molecule has 2 atom stereocenters. The minimum Gasteiger partial charge on any atom is -0.489 e. The zero-order chi connectivity index (χ0) is 37.6. The van der Waals surface area contributed by atoms with E-state index in [1.165, 1.54) is 7.11 Å². The van der Waals surface area contributed by atoms with Crippen molar-refractivity contribution in [3.8, 4) is 5.75 Å². The molecule has 0 bridgehead atoms. The Morgan fingerprint density at radius 1 is 0.611 bits per heavy atom. The van der Waals surface area contributed by atoms with E-state index < -0.39 is 29.6 Å². The molecular formula is C47H44O7. The van der Waals surface area contributed by atoms with Crippen molar-refractivity contribution in [2.24, 2.45) is 5.92 Å². The SMILES string of the molecule is COC(=O)c1cccc(OCc2cccc(CC[C@@H](O)[C@@H](COC(c3ccccc3)(c3ccccc3)c3ccccc3)C(=O)OCc3ccccc3)c2)c1. The highest BCUT2D eigenvalue weighted by Gasteiger charge is 2.40. The molecule has 0 aliphatic carbocycles. The molecule has 7 heteroatoms. The lowest BCUT2D eigenvalue weighted by atomic mass is 9.80. The molecule has 0 unspecified atom stereocenters. The Kier molecular flexibility index (Phi) is 13.0. The maximum atomic E-state index is 13.9. The minimum absolute atomic E-state index is 0.0780. The molecule has 0 saturated carbocycles. The third kappa shape index (κ3) is 9.50. The third-order valence-electron chi connectivity index (χ3n) is 9.39. The first-order valence-electron chi connectivity index (χ1n) is 18.0. The van der Waals surface area contributed by atoms with Gasteiger partial charge in [-0.3, -0.25) is 4.79 Å². The van der Waals surface area contributed by atoms with Crippen LogP contribution in [0.5, 0.6) is 5.75 Å². The maximum Gasteiger partial charge on any atom is 0.337 e. The van der Waals surface area contributed by atoms with Crippen LogP contribution in [0.25, 0.3) is 0 Å². The highest BCUT2D eigenvalue weighted by molar-refractivity contribution is 5.89. The van der Waals surface area contributed by atoms with Gasteiger partial charge in [-0.05, 0) is 64.4 Å². The number of carbonyl (C=O) groups is 2. The first kappa shape index (κ1) is 37.7. The van der Waals surface area contributed by atoms with Gasteiger partial charge in [-0.15, -0.1) is 0 Å². The highest BCUT2D eigenvalue weighted by Crippen LogP contribution is 2.41. The molecule has 1 N–H and O–H groups in total. The maximum absolute atomic E-state index is 13.9. The monoisotopic (exact) mass is 720 g/mol. The number of esters is 2. The van der Waals surface area contributed by atoms with Crippen molar-refractivity contribution in [1.29, 1.82) is 0 Å². The molecule has 0 aliphatic heterocycles. The number of ether oxygens (including phenoxy) is 4. The van der Waals surface area contributed by atoms with E-state index >= 15 is 0 Å². The molecule has 0 spiro atoms. The van der Waals surface area contributed by atoms with Crippen LogP contribution in [0, 0.1) is 5.92 Å². The van der Waals surface area contributed by atoms with Gasteiger partial charge in [0, 0.05) is 0 Å². The molecule has 0 aromatic heterocycles. The van der Waals surface area contributed by atoms with E-state index in [-0.39, 0.29) is 26.2 Å². The van der Waals surface area contributed by atoms with Gasteiger partial charge in [-0.2, -0.15) is 0 Å². The predicted molar refractivity (Wildman–Crippen MR) is 208 cm³/mol. The molecule has 6 aromatic carbocycles. The largest absolute Gasteiger partial charge is 0.489 e. The Bertz CT molecular complexity index is 1970. The van der Waals surface area contributed by atoms with Crippen LogP contribution in [0.3, 0.4) is 0 Å². The first-order valence-corrected chi connectivity index (χ1v) is 18.0. The summed E-state index contributed by atoms with van der Waals surface area (Å²) in [4.78, 5) is 25.9. The van der Waals surface area contributed by atoms with Gasteiger partial charge in [0.05, 0.1) is 25.4 Å². The van der Waals surface area contributed by atoms with Crippen molar-refractivity contribution >= 4 is 11.9 Å². The van der Waals surface area contributed by atoms with Gasteiger partial charge in [-0.1, -0.05) is 152 Å². The molecule has 0 saturated heterocycles. The van der Waals surface area contributed by atoms with Crippen molar-refractivity contribution in [2.75, 3.05) is 13.7 Å². The van der Waals surface area contributed by atoms with Gasteiger partial charge in [0.25, 0.3) is 0 Å². The Hall–Kier alpha value is -6.02. The first-order chi connectivity index (χ1) is 26.5. The minimum atomic E-state index is -1.08. The summed E-state index contributed by atoms with van der Waals surface area (Å²) in [6.07, 6.45) is -0.292. The molecule has 0 radical (unpaired) electrons. The summed E-state index contributed by atoms with van der Waals surface area (Å²) in [6, 6.07) is 54.1. The normalized spacial score (nSPS) is 12.3. The predicted octanol–water partition coefficient (Wildman–Crippen LogP) is 8.71. The quantitative estimate of drug-likeness (QED) is 0.0745. The van der Waals surface area contributed by atoms with Crippen LogP contribution in [0.2, 0.25) is 0 Å². The van der Waals surface area contributed by atoms with Crippen LogP contribution < -0.4 is 4.74 Å². The van der Waals surface area contributed by atoms with Gasteiger partial charge in [-0.25, -0.2) is 4.79 Å². The number of hydrogen-bond donors (Lipinski definition) is 1. The van der Waals surface area contributed by atoms with Crippen LogP contribution in [0.15, 0.2) is 170 Å². The Morgan fingerprint density at radius 3 is 1.74 bits per heavy atom. The van der Waals surface area contributed by atoms with E-state index in [1.807, 2.05) is 146 Å². The summed E-state index contributed by atoms with van der Waals surface area (Å²) >= 11 is 0. The summed E-state index contributed by atoms with van der Waals surface area (Å²) in [7, 11) is 1.34. The summed E-state index contributed by atoms with van der Waals surface area (Å²) < 4.78 is 23.7. The number of methoxy groups -OCH3 is 1. The second-order valence-corrected chi connectivity index (χ2v) is 13.0. The molecule has 0 amide bonds. The highest BCUT2D eigenvalue weighted by atomic mass is 16.5. The number of rotatable bonds is 17. The Morgan fingerprint density at radius 2 is 1.15 bits per heavy atom. The average molecular weight is 721 g/mol. The van der Waals surface area contributed by atoms with E-state index in [0.717, 1.165) is 33.4 Å². The van der Waals surface area contributed by atoms with E-state index in [1.54, 1.807) is 24.3 Å². The number of carbonyl (C=O) groups excluding carboxylic acids is 2. The fourth-order valence-electron chi connectivity index (χ4n) is 6.54. The van der Waals surface area contributed by atoms with Crippen LogP contribution in [-0.4, -0.2) is 36.9 Å². The van der Waals surface area contributed by atoms with Gasteiger partial charge >= 0.3 is 11.9 Å². The van der Waals surface area contributed by atoms with E-state index in [0.29, 0.717) is 17.7 Å². The Balaban J connectivity index is 1.23. The zero-order valence-electron chi connectivity index (χ0n) is 30.3. The molecule has 274 valence electrons. The molecule has 0 heterocycles. The van der Waals surface area contributed by atoms with E-state index in [9.17, 15) is 14.7 Å². The van der Waals surface area contributed by atoms with Crippen molar-refractivity contribution in [1.82, 2.24) is 0 Å². The summed E-state index contributed by atoms with van der Waals surface area (Å²) in [5, 5.41) is 11.8. The Labute approximate surface area is 316 Å². The molecule has 6 rings (SSSR count). The second-order valence-electron chi connectivity index (χ2n) is 13.0. The topological polar surface area (TPSA) is 91.3 Å². The van der Waals surface area contributed by atoms with Crippen molar-refractivity contribution in [2.45, 2.75) is 37.8 Å². The van der Waals surface area contributed by atoms with Gasteiger partial charge in [0.2, 0.25) is 0 Å². The van der Waals surface area contributed by atoms with Crippen LogP contribution in [0.4, 0.5) is 0 Å². The number of aliphatic hydroxyl groups is 1. The summed E-state index contributed by atoms with van der Waals surface area (Å²) in [5.74, 6) is -1.41. The number of benzene rings is 6. The lowest BCUT2D eigenvalue weighted by molar-refractivity contribution is -0.159. The fraction of sp³-hybridized carbons (Fsp3) is 0.191. The van der Waals surface area contributed by atoms with Crippen molar-refractivity contribution < 1.29 is 33.6 Å². The summed E-state index contributed by atoms with van der Waals surface area (Å²) in [5.41, 5.74) is 4.76. The van der Waals surface area contributed by atoms with Gasteiger partial charge in [0.1, 0.15) is 30.5 Å². The van der Waals surface area contributed by atoms with Gasteiger partial charge in [0.15, 0.2) is 0 Å². The molecule has 6 aromatic rings. The van der Waals surface area contributed by atoms with Crippen molar-refractivity contribution in [3.63, 3.8) is 0 Å². The smallest absolute Gasteiger partial charge is 0.337 e. The standard InChI is InChI=1S/C47H44O7/c1-51-45(49)38-20-15-27-42(31-38)52-33-37-19-14-18-35(30-37)28-29-44(48)43(46(50)53-32-36-16-6-2-7-17-36)34-54-47(39-21-8-3-9-22-39,40-23-10-4-11-24-40)41-25-12-5-13-26-41/h2-27,30-31,43-44,48H,28-29,32-34H2,1H3/t43-,44-/m1/s1. The average Bonchev–Trinajstić information content (AvgIpc) is 3.24. The fourth-order valence-corrected chi connectivity index (χ4v) is 6.54. The lowest BCUT2D eigenvalue weighted by Gasteiger charge is -2.37. The molecule has 7 nitrogen and oxygen atoms in total. The zero-order valence-corrected chi connectivity index (χ0v) is 30.3. The number of aryl methyl sites for hydroxylation is 1. The van der Waals surface area contributed by atoms with E-state index in [4.69, 9.17) is 18.9 Å². The van der Waals surface area contributed by atoms with Crippen LogP contribution >= 0.6 is 0 Å². The van der Waals surface area contributed by atoms with Crippen LogP contribution in [-0.2, 0) is 44.2 Å². The van der Waals surface area contributed by atoms with Crippen molar-refractivity contribution in [3.05, 3.63) is 209 Å². The van der Waals surface area contributed by atoms with Crippen LogP contribution in [0.1, 0.15) is 50.2 Å². The second kappa shape index (κ2) is 18.6. The number of aliphatic hydroxyl groups excluding tert-OH is 1. The molecule has 54 heavy (non-hydrogen) atoms. The third-order valence-corrected chi connectivity index (χ3v) is 9.39. The molecule has 0 aliphatic rings. The lowest BCUT2D eigenvalue weighted by Crippen LogP contribution is -2.40. The van der Waals surface area contributed by atoms with Gasteiger partial charge < -0.3 is 24.1 Å².